The van der Waals surface area contributed by atoms with Gasteiger partial charge in [-0.2, -0.15) is 13.2 Å². The topological polar surface area (TPSA) is 165 Å². The van der Waals surface area contributed by atoms with Crippen molar-refractivity contribution in [2.24, 2.45) is 29.4 Å². The number of benzene rings is 1. The van der Waals surface area contributed by atoms with Crippen LogP contribution in [0.2, 0.25) is 0 Å². The number of fused-ring (bicyclic) bond motifs is 3. The number of phenolic OH excluding ortho intramolecular Hbond substituents is 1. The number of rotatable bonds is 8. The number of nitrogens with zero attached hydrogens (tertiary/aromatic N) is 2. The van der Waals surface area contributed by atoms with Crippen molar-refractivity contribution in [2.75, 3.05) is 27.2 Å². The number of carbonyl (C=O) groups is 3. The molecule has 0 radical (unpaired) electrons. The van der Waals surface area contributed by atoms with E-state index in [-0.39, 0.29) is 18.5 Å². The molecule has 250 valence electrons. The lowest BCUT2D eigenvalue weighted by atomic mass is 9.58. The third kappa shape index (κ3) is 5.20. The zero-order chi connectivity index (χ0) is 33.5. The zero-order valence-electron chi connectivity index (χ0n) is 25.9. The van der Waals surface area contributed by atoms with E-state index in [0.29, 0.717) is 24.9 Å². The van der Waals surface area contributed by atoms with Crippen LogP contribution in [0.5, 0.6) is 5.75 Å². The summed E-state index contributed by atoms with van der Waals surface area (Å²) in [5.41, 5.74) is -1.13. The Morgan fingerprint density at radius 1 is 1.04 bits per heavy atom. The first-order chi connectivity index (χ1) is 21.5. The molecule has 5 aliphatic carbocycles. The molecule has 0 heterocycles. The number of likely N-dealkylation sites (N-methyl/N-ethyl adjacent to an activating group) is 1. The summed E-state index contributed by atoms with van der Waals surface area (Å²) in [5.74, 6) is -8.06. The Morgan fingerprint density at radius 3 is 2.20 bits per heavy atom. The highest BCUT2D eigenvalue weighted by molar-refractivity contribution is 6.24. The number of nitrogens with two attached hydrogens (primary N) is 1. The molecule has 0 aliphatic heterocycles. The van der Waals surface area contributed by atoms with Gasteiger partial charge in [-0.15, -0.1) is 0 Å². The number of aliphatic hydroxyl groups is 3. The maximum Gasteiger partial charge on any atom is 0.417 e. The summed E-state index contributed by atoms with van der Waals surface area (Å²) >= 11 is 0. The molecule has 1 aromatic carbocycles. The molecule has 1 amide bonds. The fraction of sp³-hybridized carbons (Fsp3) is 0.606. The Hall–Kier alpha value is -3.42. The maximum absolute atomic E-state index is 15.0. The van der Waals surface area contributed by atoms with Crippen molar-refractivity contribution in [1.29, 1.82) is 0 Å². The zero-order valence-corrected chi connectivity index (χ0v) is 25.9. The van der Waals surface area contributed by atoms with Gasteiger partial charge in [0.2, 0.25) is 5.78 Å². The van der Waals surface area contributed by atoms with E-state index in [1.54, 1.807) is 0 Å². The van der Waals surface area contributed by atoms with Crippen LogP contribution in [0.25, 0.3) is 0 Å². The van der Waals surface area contributed by atoms with Crippen LogP contribution in [0.3, 0.4) is 0 Å². The second-order valence-corrected chi connectivity index (χ2v) is 14.0. The lowest BCUT2D eigenvalue weighted by Crippen LogP contribution is -2.63. The number of ketones is 2. The largest absolute Gasteiger partial charge is 0.510 e. The summed E-state index contributed by atoms with van der Waals surface area (Å²) in [5, 5.41) is 45.2. The Balaban J connectivity index is 1.46. The summed E-state index contributed by atoms with van der Waals surface area (Å²) in [4.78, 5) is 43.0. The summed E-state index contributed by atoms with van der Waals surface area (Å²) in [6, 6.07) is -0.259. The van der Waals surface area contributed by atoms with Crippen molar-refractivity contribution in [3.05, 3.63) is 51.0 Å². The van der Waals surface area contributed by atoms with E-state index >= 15 is 0 Å². The van der Waals surface area contributed by atoms with E-state index in [1.807, 2.05) is 4.90 Å². The Labute approximate surface area is 264 Å². The molecule has 0 spiro atoms. The summed E-state index contributed by atoms with van der Waals surface area (Å²) in [6.45, 7) is 1.25. The highest BCUT2D eigenvalue weighted by atomic mass is 19.4. The lowest BCUT2D eigenvalue weighted by molar-refractivity contribution is -0.148. The van der Waals surface area contributed by atoms with E-state index in [1.165, 1.54) is 19.0 Å². The van der Waals surface area contributed by atoms with E-state index in [4.69, 9.17) is 5.73 Å². The molecule has 6 N–H and O–H groups in total. The predicted molar refractivity (Wildman–Crippen MR) is 159 cm³/mol. The normalized spacial score (nSPS) is 28.7. The molecule has 0 bridgehead atoms. The first-order valence-corrected chi connectivity index (χ1v) is 15.9. The van der Waals surface area contributed by atoms with Gasteiger partial charge in [-0.25, -0.2) is 0 Å². The van der Waals surface area contributed by atoms with Crippen LogP contribution in [0.4, 0.5) is 13.2 Å². The second kappa shape index (κ2) is 11.4. The highest BCUT2D eigenvalue weighted by Gasteiger charge is 2.63. The van der Waals surface area contributed by atoms with Crippen LogP contribution >= 0.6 is 0 Å². The smallest absolute Gasteiger partial charge is 0.417 e. The van der Waals surface area contributed by atoms with E-state index < -0.39 is 98.7 Å². The van der Waals surface area contributed by atoms with Crippen LogP contribution in [0.15, 0.2) is 28.7 Å². The van der Waals surface area contributed by atoms with Crippen LogP contribution in [-0.2, 0) is 28.7 Å². The number of phenols is 1. The minimum Gasteiger partial charge on any atom is -0.510 e. The number of allylic oxidation sites excluding steroid dienone is 1. The summed E-state index contributed by atoms with van der Waals surface area (Å²) in [6.07, 6.45) is 0.681. The fourth-order valence-electron chi connectivity index (χ4n) is 8.54. The molecule has 0 unspecified atom stereocenters. The minimum absolute atomic E-state index is 0.0520. The standard InChI is InChI=1S/C33H40F3N3O7/c1-38(2)26-20-10-17-9-19-23(27(41)22(17)29(43)32(20,46)30(44)24(28(26)42)31(37)45)21(40)11-18(25(19)33(34,35)36)14-39(13-16-7-8-16)12-15-5-3-4-6-15/h11,15-17,20,26,40,42-43,46H,3-10,12-14H2,1-2H3,(H2,37,45)/t17-,20-,26-,32-/m0/s1. The summed E-state index contributed by atoms with van der Waals surface area (Å²) in [7, 11) is 2.97. The lowest BCUT2D eigenvalue weighted by Gasteiger charge is -2.50. The van der Waals surface area contributed by atoms with Crippen molar-refractivity contribution in [3.63, 3.8) is 0 Å². The quantitative estimate of drug-likeness (QED) is 0.266. The predicted octanol–water partition coefficient (Wildman–Crippen LogP) is 3.54. The Kier molecular flexibility index (Phi) is 8.04. The molecule has 0 aromatic heterocycles. The minimum atomic E-state index is -4.88. The molecule has 6 rings (SSSR count). The van der Waals surface area contributed by atoms with Gasteiger partial charge in [0.15, 0.2) is 11.4 Å². The Bertz CT molecular complexity index is 1560. The third-order valence-electron chi connectivity index (χ3n) is 10.7. The van der Waals surface area contributed by atoms with E-state index in [2.05, 4.69) is 0 Å². The SMILES string of the molecule is CN(C)[C@@H]1C(O)=C(C(N)=O)C(=O)[C@@]2(O)C(O)=C3C(=O)c4c(O)cc(CN(CC5CCCC5)CC5CC5)c(C(F)(F)F)c4C[C@H]3C[C@@H]12. The molecule has 46 heavy (non-hydrogen) atoms. The van der Waals surface area contributed by atoms with Crippen molar-refractivity contribution in [1.82, 2.24) is 9.80 Å². The van der Waals surface area contributed by atoms with E-state index in [9.17, 15) is 48.0 Å². The molecule has 5 aliphatic rings. The number of hydrogen-bond acceptors (Lipinski definition) is 9. The maximum atomic E-state index is 15.0. The highest BCUT2D eigenvalue weighted by Crippen LogP contribution is 2.54. The first-order valence-electron chi connectivity index (χ1n) is 15.9. The number of Topliss-reactive ketones (excluding diaryl/α,β-unsaturated/α-hetero) is 2. The van der Waals surface area contributed by atoms with Gasteiger partial charge in [-0.05, 0) is 87.6 Å². The number of primary amides is 1. The number of aromatic hydroxyl groups is 1. The molecular weight excluding hydrogens is 607 g/mol. The number of hydrogen-bond donors (Lipinski definition) is 5. The number of carbonyl (C=O) groups excluding carboxylic acids is 3. The van der Waals surface area contributed by atoms with Gasteiger partial charge in [0.05, 0.1) is 17.2 Å². The van der Waals surface area contributed by atoms with Gasteiger partial charge in [-0.1, -0.05) is 12.8 Å². The fourth-order valence-corrected chi connectivity index (χ4v) is 8.54. The molecule has 0 saturated heterocycles. The first kappa shape index (κ1) is 32.5. The number of alkyl halides is 3. The van der Waals surface area contributed by atoms with Crippen LogP contribution < -0.4 is 5.73 Å². The van der Waals surface area contributed by atoms with Gasteiger partial charge in [0, 0.05) is 31.1 Å². The van der Waals surface area contributed by atoms with Crippen molar-refractivity contribution in [2.45, 2.75) is 75.7 Å². The number of halogens is 3. The van der Waals surface area contributed by atoms with E-state index in [0.717, 1.165) is 44.6 Å². The monoisotopic (exact) mass is 647 g/mol. The van der Waals surface area contributed by atoms with Gasteiger partial charge >= 0.3 is 6.18 Å². The molecule has 2 saturated carbocycles. The second-order valence-electron chi connectivity index (χ2n) is 14.0. The van der Waals surface area contributed by atoms with Gasteiger partial charge in [0.25, 0.3) is 5.91 Å². The molecule has 10 nitrogen and oxygen atoms in total. The Morgan fingerprint density at radius 2 is 1.65 bits per heavy atom. The molecule has 4 atom stereocenters. The summed E-state index contributed by atoms with van der Waals surface area (Å²) < 4.78 is 45.0. The molecule has 1 aromatic rings. The van der Waals surface area contributed by atoms with Crippen LogP contribution in [0.1, 0.15) is 72.0 Å². The van der Waals surface area contributed by atoms with Crippen LogP contribution in [-0.4, -0.2) is 86.5 Å². The third-order valence-corrected chi connectivity index (χ3v) is 10.7. The average molecular weight is 648 g/mol. The van der Waals surface area contributed by atoms with Crippen molar-refractivity contribution < 1.29 is 48.0 Å². The number of aliphatic hydroxyl groups excluding tert-OH is 2. The van der Waals surface area contributed by atoms with Gasteiger partial charge < -0.3 is 26.2 Å². The number of amides is 1. The van der Waals surface area contributed by atoms with Crippen LogP contribution in [0, 0.1) is 23.7 Å². The van der Waals surface area contributed by atoms with Crippen molar-refractivity contribution in [3.8, 4) is 5.75 Å². The molecular formula is C33H40F3N3O7. The van der Waals surface area contributed by atoms with Gasteiger partial charge in [0.1, 0.15) is 22.8 Å². The molecule has 2 fully saturated rings. The van der Waals surface area contributed by atoms with Gasteiger partial charge in [-0.3, -0.25) is 24.2 Å². The average Bonchev–Trinajstić information content (AvgIpc) is 3.60. The molecule has 13 heteroatoms. The van der Waals surface area contributed by atoms with Crippen molar-refractivity contribution >= 4 is 17.5 Å².